The molecule has 0 aliphatic heterocycles. The molecule has 1 fully saturated rings. The van der Waals surface area contributed by atoms with Gasteiger partial charge in [0.05, 0.1) is 26.2 Å². The first kappa shape index (κ1) is 34.4. The zero-order valence-electron chi connectivity index (χ0n) is 17.7. The second kappa shape index (κ2) is 23.4. The Kier molecular flexibility index (Phi) is 25.1. The van der Waals surface area contributed by atoms with Gasteiger partial charge >= 0.3 is 32.1 Å². The van der Waals surface area contributed by atoms with Crippen LogP contribution in [0.3, 0.4) is 0 Å². The fourth-order valence-corrected chi connectivity index (χ4v) is 1.73. The first-order valence-electron chi connectivity index (χ1n) is 9.42. The Balaban J connectivity index is -0.000000563. The van der Waals surface area contributed by atoms with Crippen molar-refractivity contribution < 1.29 is 54.0 Å². The lowest BCUT2D eigenvalue weighted by molar-refractivity contribution is -0.145. The minimum Gasteiger partial charge on any atom is -0.480 e. The highest BCUT2D eigenvalue weighted by molar-refractivity contribution is 7.30. The van der Waals surface area contributed by atoms with Crippen LogP contribution in [0, 0.1) is 0 Å². The van der Waals surface area contributed by atoms with E-state index in [4.69, 9.17) is 46.2 Å². The largest absolute Gasteiger partial charge is 0.692 e. The van der Waals surface area contributed by atoms with Crippen LogP contribution in [0.15, 0.2) is 0 Å². The maximum absolute atomic E-state index is 10.6. The predicted octanol–water partition coefficient (Wildman–Crippen LogP) is -1.98. The summed E-state index contributed by atoms with van der Waals surface area (Å²) in [6.07, 6.45) is 6.00. The molecule has 0 aromatic carbocycles. The van der Waals surface area contributed by atoms with E-state index in [1.807, 2.05) is 0 Å². The zero-order valence-corrected chi connectivity index (χ0v) is 18.6. The molecule has 0 amide bonds. The van der Waals surface area contributed by atoms with Crippen LogP contribution in [-0.2, 0) is 23.7 Å². The van der Waals surface area contributed by atoms with E-state index in [9.17, 15) is 19.2 Å². The molecule has 0 saturated heterocycles. The van der Waals surface area contributed by atoms with Crippen LogP contribution in [0.4, 0.5) is 0 Å². The van der Waals surface area contributed by atoms with Crippen molar-refractivity contribution in [3.8, 4) is 0 Å². The molecule has 0 radical (unpaired) electrons. The maximum atomic E-state index is 10.6. The average Bonchev–Trinajstić information content (AvgIpc) is 2.55. The highest BCUT2D eigenvalue weighted by Gasteiger charge is 2.18. The molecule has 32 heavy (non-hydrogen) atoms. The van der Waals surface area contributed by atoms with Crippen LogP contribution in [-0.4, -0.2) is 116 Å². The van der Waals surface area contributed by atoms with Crippen molar-refractivity contribution >= 4 is 32.1 Å². The van der Waals surface area contributed by atoms with Crippen LogP contribution in [0.5, 0.6) is 0 Å². The normalized spacial score (nSPS) is 11.4. The molecule has 0 aromatic heterocycles. The van der Waals surface area contributed by atoms with E-state index in [0.29, 0.717) is 13.1 Å². The molecule has 16 heteroatoms. The Morgan fingerprint density at radius 1 is 0.625 bits per heavy atom. The molecular formula is C16H34N4O11P+. The first-order valence-corrected chi connectivity index (χ1v) is 10.6. The van der Waals surface area contributed by atoms with Crippen LogP contribution in [0.25, 0.3) is 0 Å². The lowest BCUT2D eigenvalue weighted by atomic mass is 10.0. The number of nitrogens with zero attached hydrogens (tertiary/aromatic N) is 2. The number of nitrogens with two attached hydrogens (primary N) is 2. The van der Waals surface area contributed by atoms with Crippen LogP contribution >= 0.6 is 8.25 Å². The highest BCUT2D eigenvalue weighted by atomic mass is 31.1. The van der Waals surface area contributed by atoms with Gasteiger partial charge in [-0.3, -0.25) is 29.0 Å². The second-order valence-electron chi connectivity index (χ2n) is 6.24. The van der Waals surface area contributed by atoms with Gasteiger partial charge in [0.1, 0.15) is 0 Å². The second-order valence-corrected chi connectivity index (χ2v) is 6.75. The number of hydrogen-bond donors (Lipinski definition) is 8. The van der Waals surface area contributed by atoms with Crippen molar-refractivity contribution in [2.45, 2.75) is 25.7 Å². The Morgan fingerprint density at radius 3 is 0.906 bits per heavy atom. The summed E-state index contributed by atoms with van der Waals surface area (Å²) >= 11 is 0. The summed E-state index contributed by atoms with van der Waals surface area (Å²) in [5.41, 5.74) is 9.81. The minimum absolute atomic E-state index is 0.0703. The van der Waals surface area contributed by atoms with Crippen molar-refractivity contribution in [1.29, 1.82) is 0 Å². The van der Waals surface area contributed by atoms with Gasteiger partial charge < -0.3 is 31.9 Å². The third kappa shape index (κ3) is 35.2. The van der Waals surface area contributed by atoms with Gasteiger partial charge in [0, 0.05) is 30.7 Å². The summed E-state index contributed by atoms with van der Waals surface area (Å²) in [6, 6.07) is 0. The number of rotatable bonds is 12. The standard InChI is InChI=1S/C10H16N2O8.C4H8.C2H8N2.HO3P/c13-7(14)3-11(4-8(15)16)1-2-12(5-9(17)18)6-10(19)20;1-2-4-3-1;3-1-2-4;1-4(2)3/h1-6H2,(H,13,14)(H,15,16)(H,17,18)(H,19,20);2*1-4H2;(H-,1,2,3)/p+1. The smallest absolute Gasteiger partial charge is 0.480 e. The van der Waals surface area contributed by atoms with Gasteiger partial charge in [-0.05, 0) is 0 Å². The summed E-state index contributed by atoms with van der Waals surface area (Å²) in [4.78, 5) is 58.6. The third-order valence-corrected chi connectivity index (χ3v) is 3.33. The summed E-state index contributed by atoms with van der Waals surface area (Å²) < 4.78 is 8.70. The van der Waals surface area contributed by atoms with Crippen LogP contribution < -0.4 is 11.5 Å². The molecule has 0 spiro atoms. The summed E-state index contributed by atoms with van der Waals surface area (Å²) in [6.45, 7) is -1.06. The van der Waals surface area contributed by atoms with Gasteiger partial charge in [0.15, 0.2) is 0 Å². The molecule has 0 aromatic rings. The molecule has 0 heterocycles. The summed E-state index contributed by atoms with van der Waals surface area (Å²) in [7, 11) is -2.87. The van der Waals surface area contributed by atoms with Gasteiger partial charge in [-0.2, -0.15) is 0 Å². The molecule has 10 N–H and O–H groups in total. The fraction of sp³-hybridized carbons (Fsp3) is 0.750. The van der Waals surface area contributed by atoms with Gasteiger partial charge in [-0.1, -0.05) is 25.7 Å². The van der Waals surface area contributed by atoms with Crippen LogP contribution in [0.2, 0.25) is 0 Å². The molecule has 1 aliphatic rings. The third-order valence-electron chi connectivity index (χ3n) is 3.33. The Morgan fingerprint density at radius 2 is 0.812 bits per heavy atom. The summed E-state index contributed by atoms with van der Waals surface area (Å²) in [5, 5.41) is 34.5. The Bertz CT molecular complexity index is 484. The lowest BCUT2D eigenvalue weighted by Crippen LogP contribution is -2.43. The van der Waals surface area contributed by atoms with Gasteiger partial charge in [-0.25, -0.2) is 0 Å². The topological polar surface area (TPSA) is 265 Å². The number of carboxylic acids is 4. The fourth-order valence-electron chi connectivity index (χ4n) is 1.73. The highest BCUT2D eigenvalue weighted by Crippen LogP contribution is 2.15. The van der Waals surface area contributed by atoms with E-state index in [2.05, 4.69) is 0 Å². The van der Waals surface area contributed by atoms with E-state index >= 15 is 0 Å². The number of aliphatic carboxylic acids is 4. The molecule has 1 aliphatic carbocycles. The minimum atomic E-state index is -2.87. The lowest BCUT2D eigenvalue weighted by Gasteiger charge is -2.23. The monoisotopic (exact) mass is 489 g/mol. The van der Waals surface area contributed by atoms with Gasteiger partial charge in [0.2, 0.25) is 0 Å². The average molecular weight is 489 g/mol. The Labute approximate surface area is 186 Å². The van der Waals surface area contributed by atoms with E-state index in [1.54, 1.807) is 0 Å². The number of carbonyl (C=O) groups is 4. The van der Waals surface area contributed by atoms with Gasteiger partial charge in [0.25, 0.3) is 0 Å². The van der Waals surface area contributed by atoms with Crippen molar-refractivity contribution in [2.24, 2.45) is 11.5 Å². The van der Waals surface area contributed by atoms with E-state index in [0.717, 1.165) is 9.80 Å². The molecule has 0 atom stereocenters. The van der Waals surface area contributed by atoms with Crippen molar-refractivity contribution in [3.63, 3.8) is 0 Å². The quantitative estimate of drug-likeness (QED) is 0.138. The Hall–Kier alpha value is -2.26. The summed E-state index contributed by atoms with van der Waals surface area (Å²) in [5.74, 6) is -4.91. The molecule has 188 valence electrons. The van der Waals surface area contributed by atoms with E-state index < -0.39 is 58.3 Å². The zero-order chi connectivity index (χ0) is 25.5. The van der Waals surface area contributed by atoms with Crippen molar-refractivity contribution in [1.82, 2.24) is 9.80 Å². The van der Waals surface area contributed by atoms with Crippen molar-refractivity contribution in [2.75, 3.05) is 52.4 Å². The predicted molar refractivity (Wildman–Crippen MR) is 112 cm³/mol. The molecule has 0 bridgehead atoms. The van der Waals surface area contributed by atoms with E-state index in [1.165, 1.54) is 25.7 Å². The molecular weight excluding hydrogens is 455 g/mol. The maximum Gasteiger partial charge on any atom is 0.692 e. The van der Waals surface area contributed by atoms with Crippen LogP contribution in [0.1, 0.15) is 25.7 Å². The van der Waals surface area contributed by atoms with E-state index in [-0.39, 0.29) is 13.1 Å². The number of carboxylic acid groups (broad SMARTS) is 4. The molecule has 1 rings (SSSR count). The first-order chi connectivity index (χ1) is 14.8. The number of hydrogen-bond acceptors (Lipinski definition) is 9. The molecule has 1 saturated carbocycles. The SMILES string of the molecule is C1CCC1.NCCN.O=C(O)CN(CCN(CC(=O)O)CC(=O)O)CC(=O)O.O=[P+](O)O. The van der Waals surface area contributed by atoms with Crippen molar-refractivity contribution in [3.05, 3.63) is 0 Å². The van der Waals surface area contributed by atoms with Gasteiger partial charge in [-0.15, -0.1) is 9.79 Å². The molecule has 15 nitrogen and oxygen atoms in total. The molecule has 0 unspecified atom stereocenters.